The first-order valence-electron chi connectivity index (χ1n) is 7.05. The van der Waals surface area contributed by atoms with Crippen LogP contribution in [-0.4, -0.2) is 20.1 Å². The van der Waals surface area contributed by atoms with Crippen molar-refractivity contribution in [3.05, 3.63) is 61.0 Å². The molecule has 22 heavy (non-hydrogen) atoms. The molecule has 5 heteroatoms. The third-order valence-electron chi connectivity index (χ3n) is 3.23. The lowest BCUT2D eigenvalue weighted by atomic mass is 10.1. The summed E-state index contributed by atoms with van der Waals surface area (Å²) >= 11 is 0. The summed E-state index contributed by atoms with van der Waals surface area (Å²) in [5, 5.41) is 10.2. The maximum Gasteiger partial charge on any atom is 0.264 e. The third kappa shape index (κ3) is 3.25. The molecule has 0 unspecified atom stereocenters. The van der Waals surface area contributed by atoms with Crippen molar-refractivity contribution in [3.8, 4) is 5.75 Å². The second-order valence-corrected chi connectivity index (χ2v) is 7.39. The fourth-order valence-corrected chi connectivity index (χ4v) is 3.81. The Kier molecular flexibility index (Phi) is 4.76. The van der Waals surface area contributed by atoms with Gasteiger partial charge in [-0.05, 0) is 36.6 Å². The molecule has 0 heterocycles. The van der Waals surface area contributed by atoms with E-state index in [1.807, 2.05) is 13.8 Å². The van der Waals surface area contributed by atoms with Crippen LogP contribution in [0.25, 0.3) is 0 Å². The van der Waals surface area contributed by atoms with Gasteiger partial charge in [0.15, 0.2) is 0 Å². The fraction of sp³-hybridized carbons (Fsp3) is 0.235. The van der Waals surface area contributed by atoms with Gasteiger partial charge in [0.05, 0.1) is 10.6 Å². The molecule has 0 bridgehead atoms. The lowest BCUT2D eigenvalue weighted by molar-refractivity contribution is 0.472. The maximum atomic E-state index is 12.9. The Bertz CT molecular complexity index is 740. The zero-order valence-corrected chi connectivity index (χ0v) is 13.5. The van der Waals surface area contributed by atoms with Crippen LogP contribution in [0.15, 0.2) is 53.4 Å². The molecular formula is C17H20NO3S. The fourth-order valence-electron chi connectivity index (χ4n) is 2.16. The van der Waals surface area contributed by atoms with E-state index in [0.29, 0.717) is 5.56 Å². The molecule has 0 aromatic heterocycles. The first-order chi connectivity index (χ1) is 10.3. The number of nitrogens with zero attached hydrogens (tertiary/aromatic N) is 1. The summed E-state index contributed by atoms with van der Waals surface area (Å²) in [5.74, 6) is -0.00554. The quantitative estimate of drug-likeness (QED) is 0.919. The summed E-state index contributed by atoms with van der Waals surface area (Å²) < 4.78 is 27.1. The highest BCUT2D eigenvalue weighted by molar-refractivity contribution is 7.92. The lowest BCUT2D eigenvalue weighted by Gasteiger charge is -2.27. The Morgan fingerprint density at radius 1 is 1.09 bits per heavy atom. The molecular weight excluding hydrogens is 298 g/mol. The van der Waals surface area contributed by atoms with Crippen LogP contribution in [0.5, 0.6) is 5.75 Å². The summed E-state index contributed by atoms with van der Waals surface area (Å²) in [7, 11) is -3.74. The molecule has 0 saturated heterocycles. The average Bonchev–Trinajstić information content (AvgIpc) is 2.48. The average molecular weight is 318 g/mol. The van der Waals surface area contributed by atoms with E-state index in [4.69, 9.17) is 0 Å². The largest absolute Gasteiger partial charge is 0.505 e. The van der Waals surface area contributed by atoms with Crippen molar-refractivity contribution in [2.45, 2.75) is 18.7 Å². The van der Waals surface area contributed by atoms with Crippen molar-refractivity contribution in [1.82, 2.24) is 0 Å². The predicted octanol–water partition coefficient (Wildman–Crippen LogP) is 3.43. The Hall–Kier alpha value is -2.01. The van der Waals surface area contributed by atoms with Gasteiger partial charge in [-0.1, -0.05) is 44.2 Å². The van der Waals surface area contributed by atoms with Crippen LogP contribution >= 0.6 is 0 Å². The van der Waals surface area contributed by atoms with Gasteiger partial charge >= 0.3 is 0 Å². The van der Waals surface area contributed by atoms with E-state index in [9.17, 15) is 13.5 Å². The van der Waals surface area contributed by atoms with Crippen LogP contribution in [0, 0.1) is 12.8 Å². The number of hydrogen-bond acceptors (Lipinski definition) is 3. The van der Waals surface area contributed by atoms with Crippen LogP contribution in [-0.2, 0) is 10.0 Å². The number of benzene rings is 2. The highest BCUT2D eigenvalue weighted by Gasteiger charge is 2.27. The summed E-state index contributed by atoms with van der Waals surface area (Å²) in [4.78, 5) is 0.199. The minimum atomic E-state index is -3.74. The van der Waals surface area contributed by atoms with E-state index in [2.05, 4.69) is 6.92 Å². The molecule has 0 spiro atoms. The third-order valence-corrected chi connectivity index (χ3v) is 5.02. The molecule has 2 rings (SSSR count). The SMILES string of the molecule is [CH2]c1cccc(N(CC(C)C)S(=O)(=O)c2ccccc2)c1O. The normalized spacial score (nSPS) is 11.6. The van der Waals surface area contributed by atoms with Crippen molar-refractivity contribution >= 4 is 15.7 Å². The highest BCUT2D eigenvalue weighted by atomic mass is 32.2. The van der Waals surface area contributed by atoms with Crippen molar-refractivity contribution < 1.29 is 13.5 Å². The molecule has 0 aliphatic rings. The van der Waals surface area contributed by atoms with Gasteiger partial charge in [-0.3, -0.25) is 4.31 Å². The van der Waals surface area contributed by atoms with E-state index in [1.54, 1.807) is 48.5 Å². The Labute approximate surface area is 132 Å². The van der Waals surface area contributed by atoms with E-state index < -0.39 is 10.0 Å². The van der Waals surface area contributed by atoms with E-state index >= 15 is 0 Å². The van der Waals surface area contributed by atoms with Gasteiger partial charge in [-0.25, -0.2) is 8.42 Å². The highest BCUT2D eigenvalue weighted by Crippen LogP contribution is 2.34. The molecule has 0 fully saturated rings. The maximum absolute atomic E-state index is 12.9. The van der Waals surface area contributed by atoms with Crippen LogP contribution in [0.4, 0.5) is 5.69 Å². The van der Waals surface area contributed by atoms with Crippen molar-refractivity contribution in [3.63, 3.8) is 0 Å². The minimum absolute atomic E-state index is 0.103. The number of para-hydroxylation sites is 1. The van der Waals surface area contributed by atoms with Crippen LogP contribution in [0.2, 0.25) is 0 Å². The lowest BCUT2D eigenvalue weighted by Crippen LogP contribution is -2.34. The van der Waals surface area contributed by atoms with Crippen molar-refractivity contribution in [1.29, 1.82) is 0 Å². The Balaban J connectivity index is 2.58. The molecule has 0 amide bonds. The molecule has 1 radical (unpaired) electrons. The van der Waals surface area contributed by atoms with E-state index in [0.717, 1.165) is 0 Å². The minimum Gasteiger partial charge on any atom is -0.505 e. The van der Waals surface area contributed by atoms with E-state index in [1.165, 1.54) is 4.31 Å². The number of phenols is 1. The molecule has 0 aliphatic carbocycles. The summed E-state index contributed by atoms with van der Waals surface area (Å²) in [6.07, 6.45) is 0. The second-order valence-electron chi connectivity index (χ2n) is 5.53. The van der Waals surface area contributed by atoms with Crippen molar-refractivity contribution in [2.24, 2.45) is 5.92 Å². The number of hydrogen-bond donors (Lipinski definition) is 1. The summed E-state index contributed by atoms with van der Waals surface area (Å²) in [6, 6.07) is 13.1. The molecule has 117 valence electrons. The number of sulfonamides is 1. The summed E-state index contributed by atoms with van der Waals surface area (Å²) in [6.45, 7) is 7.86. The van der Waals surface area contributed by atoms with Crippen LogP contribution in [0.3, 0.4) is 0 Å². The Morgan fingerprint density at radius 2 is 1.73 bits per heavy atom. The van der Waals surface area contributed by atoms with E-state index in [-0.39, 0.29) is 28.8 Å². The molecule has 0 saturated carbocycles. The zero-order valence-electron chi connectivity index (χ0n) is 12.7. The smallest absolute Gasteiger partial charge is 0.264 e. The molecule has 0 aliphatic heterocycles. The molecule has 4 nitrogen and oxygen atoms in total. The monoisotopic (exact) mass is 318 g/mol. The van der Waals surface area contributed by atoms with Gasteiger partial charge in [0.2, 0.25) is 0 Å². The van der Waals surface area contributed by atoms with Gasteiger partial charge in [-0.2, -0.15) is 0 Å². The Morgan fingerprint density at radius 3 is 2.32 bits per heavy atom. The van der Waals surface area contributed by atoms with Gasteiger partial charge in [0.1, 0.15) is 5.75 Å². The number of anilines is 1. The van der Waals surface area contributed by atoms with Gasteiger partial charge in [0, 0.05) is 6.54 Å². The number of aromatic hydroxyl groups is 1. The van der Waals surface area contributed by atoms with Gasteiger partial charge < -0.3 is 5.11 Å². The first-order valence-corrected chi connectivity index (χ1v) is 8.49. The summed E-state index contributed by atoms with van der Waals surface area (Å²) in [5.41, 5.74) is 0.652. The first kappa shape index (κ1) is 16.4. The molecule has 0 atom stereocenters. The zero-order chi connectivity index (χ0) is 16.3. The standard InChI is InChI=1S/C17H20NO3S/c1-13(2)12-18(16-11-7-8-14(3)17(16)19)22(20,21)15-9-5-4-6-10-15/h4-11,13,19H,3,12H2,1-2H3. The number of rotatable bonds is 5. The molecule has 2 aromatic carbocycles. The van der Waals surface area contributed by atoms with Gasteiger partial charge in [-0.15, -0.1) is 0 Å². The second kappa shape index (κ2) is 6.40. The topological polar surface area (TPSA) is 57.6 Å². The molecule has 2 aromatic rings. The number of phenolic OH excluding ortho intramolecular Hbond substituents is 1. The molecule has 1 N–H and O–H groups in total. The van der Waals surface area contributed by atoms with Crippen molar-refractivity contribution in [2.75, 3.05) is 10.8 Å². The van der Waals surface area contributed by atoms with Crippen LogP contribution in [0.1, 0.15) is 19.4 Å². The predicted molar refractivity (Wildman–Crippen MR) is 88.4 cm³/mol. The van der Waals surface area contributed by atoms with Gasteiger partial charge in [0.25, 0.3) is 10.0 Å². The van der Waals surface area contributed by atoms with Crippen LogP contribution < -0.4 is 4.31 Å².